The van der Waals surface area contributed by atoms with Crippen LogP contribution in [0.15, 0.2) is 84.0 Å². The number of nitrogens with zero attached hydrogens (tertiary/aromatic N) is 3. The van der Waals surface area contributed by atoms with Crippen molar-refractivity contribution in [2.24, 2.45) is 0 Å². The van der Waals surface area contributed by atoms with Crippen LogP contribution in [0.5, 0.6) is 0 Å². The van der Waals surface area contributed by atoms with Crippen LogP contribution in [0.2, 0.25) is 0 Å². The molecular formula is C26H26N4O4S. The number of hydrogen-bond donors (Lipinski definition) is 1. The van der Waals surface area contributed by atoms with Crippen LogP contribution >= 0.6 is 0 Å². The SMILES string of the molecule is O=C(NCc1ccc(Cn2cnc3ccccc32)cc1)c1ccc(S(=O)(=O)N2CCOCC2)cc1. The summed E-state index contributed by atoms with van der Waals surface area (Å²) in [6.45, 7) is 2.54. The van der Waals surface area contributed by atoms with Gasteiger partial charge < -0.3 is 14.6 Å². The van der Waals surface area contributed by atoms with Crippen molar-refractivity contribution in [1.82, 2.24) is 19.2 Å². The van der Waals surface area contributed by atoms with Crippen molar-refractivity contribution in [3.8, 4) is 0 Å². The molecular weight excluding hydrogens is 464 g/mol. The maximum Gasteiger partial charge on any atom is 0.251 e. The molecule has 180 valence electrons. The van der Waals surface area contributed by atoms with Crippen molar-refractivity contribution >= 4 is 27.0 Å². The van der Waals surface area contributed by atoms with Crippen LogP contribution in [0.4, 0.5) is 0 Å². The molecule has 0 saturated carbocycles. The van der Waals surface area contributed by atoms with Crippen molar-refractivity contribution in [2.45, 2.75) is 18.0 Å². The summed E-state index contributed by atoms with van der Waals surface area (Å²) in [7, 11) is -3.58. The molecule has 0 bridgehead atoms. The Labute approximate surface area is 204 Å². The van der Waals surface area contributed by atoms with Crippen LogP contribution in [-0.4, -0.2) is 54.5 Å². The summed E-state index contributed by atoms with van der Waals surface area (Å²) in [5, 5.41) is 2.90. The van der Waals surface area contributed by atoms with Gasteiger partial charge in [0, 0.05) is 31.7 Å². The molecule has 0 unspecified atom stereocenters. The van der Waals surface area contributed by atoms with Crippen molar-refractivity contribution in [3.05, 3.63) is 95.8 Å². The number of imidazole rings is 1. The lowest BCUT2D eigenvalue weighted by Crippen LogP contribution is -2.40. The topological polar surface area (TPSA) is 93.5 Å². The van der Waals surface area contributed by atoms with E-state index in [1.807, 2.05) is 48.8 Å². The van der Waals surface area contributed by atoms with Crippen LogP contribution in [0.25, 0.3) is 11.0 Å². The van der Waals surface area contributed by atoms with Gasteiger partial charge in [-0.3, -0.25) is 4.79 Å². The number of carbonyl (C=O) groups excluding carboxylic acids is 1. The number of morpholine rings is 1. The molecule has 1 amide bonds. The Morgan fingerprint density at radius 3 is 2.34 bits per heavy atom. The number of para-hydroxylation sites is 2. The van der Waals surface area contributed by atoms with E-state index in [0.29, 0.717) is 45.0 Å². The first-order valence-electron chi connectivity index (χ1n) is 11.4. The third-order valence-electron chi connectivity index (χ3n) is 6.08. The first-order valence-corrected chi connectivity index (χ1v) is 12.9. The molecule has 1 N–H and O–H groups in total. The molecule has 8 nitrogen and oxygen atoms in total. The van der Waals surface area contributed by atoms with Gasteiger partial charge in [0.15, 0.2) is 0 Å². The molecule has 3 aromatic carbocycles. The predicted molar refractivity (Wildman–Crippen MR) is 132 cm³/mol. The summed E-state index contributed by atoms with van der Waals surface area (Å²) in [6, 6.07) is 22.1. The smallest absolute Gasteiger partial charge is 0.251 e. The first kappa shape index (κ1) is 23.2. The number of sulfonamides is 1. The second-order valence-corrected chi connectivity index (χ2v) is 10.3. The zero-order valence-electron chi connectivity index (χ0n) is 19.1. The zero-order chi connectivity index (χ0) is 24.3. The van der Waals surface area contributed by atoms with E-state index in [4.69, 9.17) is 4.74 Å². The lowest BCUT2D eigenvalue weighted by Gasteiger charge is -2.26. The molecule has 0 radical (unpaired) electrons. The molecule has 1 aliphatic heterocycles. The highest BCUT2D eigenvalue weighted by Gasteiger charge is 2.26. The van der Waals surface area contributed by atoms with Gasteiger partial charge in [-0.05, 0) is 47.5 Å². The highest BCUT2D eigenvalue weighted by atomic mass is 32.2. The monoisotopic (exact) mass is 490 g/mol. The third kappa shape index (κ3) is 5.12. The molecule has 1 fully saturated rings. The Bertz CT molecular complexity index is 1420. The van der Waals surface area contributed by atoms with Crippen molar-refractivity contribution in [1.29, 1.82) is 0 Å². The van der Waals surface area contributed by atoms with Crippen LogP contribution in [0.3, 0.4) is 0 Å². The quantitative estimate of drug-likeness (QED) is 0.430. The van der Waals surface area contributed by atoms with Gasteiger partial charge >= 0.3 is 0 Å². The standard InChI is InChI=1S/C26H26N4O4S/c31-26(22-9-11-23(12-10-22)35(32,33)30-13-15-34-16-14-30)27-17-20-5-7-21(8-6-20)18-29-19-28-24-3-1-2-4-25(24)29/h1-12,19H,13-18H2,(H,27,31). The molecule has 0 atom stereocenters. The van der Waals surface area contributed by atoms with Gasteiger partial charge in [0.05, 0.1) is 35.5 Å². The number of fused-ring (bicyclic) bond motifs is 1. The highest BCUT2D eigenvalue weighted by molar-refractivity contribution is 7.89. The lowest BCUT2D eigenvalue weighted by atomic mass is 10.1. The molecule has 9 heteroatoms. The molecule has 0 spiro atoms. The number of rotatable bonds is 7. The van der Waals surface area contributed by atoms with E-state index >= 15 is 0 Å². The fourth-order valence-corrected chi connectivity index (χ4v) is 5.50. The average Bonchev–Trinajstić information content (AvgIpc) is 3.31. The fraction of sp³-hybridized carbons (Fsp3) is 0.231. The minimum Gasteiger partial charge on any atom is -0.379 e. The van der Waals surface area contributed by atoms with E-state index in [-0.39, 0.29) is 10.8 Å². The minimum atomic E-state index is -3.58. The van der Waals surface area contributed by atoms with Crippen molar-refractivity contribution < 1.29 is 17.9 Å². The van der Waals surface area contributed by atoms with E-state index in [9.17, 15) is 13.2 Å². The zero-order valence-corrected chi connectivity index (χ0v) is 19.9. The van der Waals surface area contributed by atoms with E-state index in [1.165, 1.54) is 16.4 Å². The van der Waals surface area contributed by atoms with Crippen LogP contribution < -0.4 is 5.32 Å². The minimum absolute atomic E-state index is 0.178. The molecule has 35 heavy (non-hydrogen) atoms. The number of carbonyl (C=O) groups is 1. The summed E-state index contributed by atoms with van der Waals surface area (Å²) in [5.74, 6) is -0.255. The molecule has 1 aliphatic rings. The predicted octanol–water partition coefficient (Wildman–Crippen LogP) is 3.04. The van der Waals surface area contributed by atoms with Crippen LogP contribution in [-0.2, 0) is 27.8 Å². The number of hydrogen-bond acceptors (Lipinski definition) is 5. The summed E-state index contributed by atoms with van der Waals surface area (Å²) in [5.41, 5.74) is 4.59. The average molecular weight is 491 g/mol. The Morgan fingerprint density at radius 1 is 0.914 bits per heavy atom. The van der Waals surface area contributed by atoms with E-state index in [0.717, 1.165) is 22.2 Å². The number of ether oxygens (including phenoxy) is 1. The molecule has 4 aromatic rings. The summed E-state index contributed by atoms with van der Waals surface area (Å²) >= 11 is 0. The molecule has 5 rings (SSSR count). The molecule has 1 saturated heterocycles. The van der Waals surface area contributed by atoms with E-state index in [2.05, 4.69) is 20.9 Å². The highest BCUT2D eigenvalue weighted by Crippen LogP contribution is 2.18. The molecule has 2 heterocycles. The van der Waals surface area contributed by atoms with Gasteiger partial charge in [-0.25, -0.2) is 13.4 Å². The Morgan fingerprint density at radius 2 is 1.60 bits per heavy atom. The fourth-order valence-electron chi connectivity index (χ4n) is 4.09. The van der Waals surface area contributed by atoms with Gasteiger partial charge in [0.1, 0.15) is 0 Å². The van der Waals surface area contributed by atoms with Crippen molar-refractivity contribution in [2.75, 3.05) is 26.3 Å². The Hall–Kier alpha value is -3.53. The van der Waals surface area contributed by atoms with Gasteiger partial charge in [0.25, 0.3) is 5.91 Å². The van der Waals surface area contributed by atoms with Crippen LogP contribution in [0.1, 0.15) is 21.5 Å². The maximum atomic E-state index is 12.7. The summed E-state index contributed by atoms with van der Waals surface area (Å²) in [6.07, 6.45) is 1.84. The number of benzene rings is 3. The van der Waals surface area contributed by atoms with Crippen molar-refractivity contribution in [3.63, 3.8) is 0 Å². The number of nitrogens with one attached hydrogen (secondary N) is 1. The van der Waals surface area contributed by atoms with Crippen LogP contribution in [0, 0.1) is 0 Å². The van der Waals surface area contributed by atoms with E-state index in [1.54, 1.807) is 12.1 Å². The van der Waals surface area contributed by atoms with Gasteiger partial charge in [-0.15, -0.1) is 0 Å². The number of amides is 1. The van der Waals surface area contributed by atoms with E-state index < -0.39 is 10.0 Å². The summed E-state index contributed by atoms with van der Waals surface area (Å²) in [4.78, 5) is 17.2. The third-order valence-corrected chi connectivity index (χ3v) is 7.99. The summed E-state index contributed by atoms with van der Waals surface area (Å²) < 4.78 is 34.2. The second kappa shape index (κ2) is 9.99. The maximum absolute atomic E-state index is 12.7. The second-order valence-electron chi connectivity index (χ2n) is 8.40. The Balaban J connectivity index is 1.18. The van der Waals surface area contributed by atoms with Gasteiger partial charge in [-0.2, -0.15) is 4.31 Å². The van der Waals surface area contributed by atoms with Gasteiger partial charge in [0.2, 0.25) is 10.0 Å². The largest absolute Gasteiger partial charge is 0.379 e. The molecule has 0 aliphatic carbocycles. The lowest BCUT2D eigenvalue weighted by molar-refractivity contribution is 0.0730. The Kier molecular flexibility index (Phi) is 6.63. The first-order chi connectivity index (χ1) is 17.0. The van der Waals surface area contributed by atoms with Gasteiger partial charge in [-0.1, -0.05) is 36.4 Å². The number of aromatic nitrogens is 2. The molecule has 1 aromatic heterocycles. The normalized spacial score (nSPS) is 14.7.